The van der Waals surface area contributed by atoms with E-state index in [1.807, 2.05) is 78.9 Å². The molecule has 0 bridgehead atoms. The first-order chi connectivity index (χ1) is 27.6. The van der Waals surface area contributed by atoms with E-state index in [0.29, 0.717) is 17.5 Å². The standard InChI is InChI=1S/C48H32N6S2/c1-3-4-20-37-30(2)54(41-26-24-35(28-38(37)41)48-49-39-21-11-12-22-42(39)55-48)36-19-13-18-34(27-36)47-50-40-25-23-33(29-43(40)56-47)46-52-44(31-14-7-5-8-15-31)51-45(53-46)32-16-9-6-10-17-32/h3-29H,1H2,2H3/b20-4-. The second-order valence-corrected chi connectivity index (χ2v) is 15.5. The first-order valence-corrected chi connectivity index (χ1v) is 19.9. The molecular weight excluding hydrogens is 725 g/mol. The van der Waals surface area contributed by atoms with Crippen LogP contribution in [0.2, 0.25) is 0 Å². The van der Waals surface area contributed by atoms with E-state index in [-0.39, 0.29) is 0 Å². The Bertz CT molecular complexity index is 3030. The summed E-state index contributed by atoms with van der Waals surface area (Å²) < 4.78 is 4.59. The predicted octanol–water partition coefficient (Wildman–Crippen LogP) is 12.9. The number of hydrogen-bond donors (Lipinski definition) is 0. The molecule has 0 aliphatic rings. The fraction of sp³-hybridized carbons (Fsp3) is 0.0208. The highest BCUT2D eigenvalue weighted by atomic mass is 32.1. The average molecular weight is 757 g/mol. The summed E-state index contributed by atoms with van der Waals surface area (Å²) in [5.74, 6) is 1.90. The molecule has 266 valence electrons. The number of aromatic nitrogens is 6. The average Bonchev–Trinajstić information content (AvgIpc) is 3.96. The number of fused-ring (bicyclic) bond motifs is 3. The highest BCUT2D eigenvalue weighted by Crippen LogP contribution is 2.38. The van der Waals surface area contributed by atoms with Gasteiger partial charge in [0.2, 0.25) is 0 Å². The van der Waals surface area contributed by atoms with E-state index in [4.69, 9.17) is 24.9 Å². The van der Waals surface area contributed by atoms with Gasteiger partial charge in [0.05, 0.1) is 25.9 Å². The number of nitrogens with zero attached hydrogens (tertiary/aromatic N) is 6. The van der Waals surface area contributed by atoms with E-state index >= 15 is 0 Å². The van der Waals surface area contributed by atoms with Crippen LogP contribution in [0.15, 0.2) is 164 Å². The third-order valence-corrected chi connectivity index (χ3v) is 12.0. The Balaban J connectivity index is 1.04. The smallest absolute Gasteiger partial charge is 0.164 e. The molecule has 0 amide bonds. The molecule has 6 nitrogen and oxygen atoms in total. The molecule has 56 heavy (non-hydrogen) atoms. The van der Waals surface area contributed by atoms with E-state index < -0.39 is 0 Å². The van der Waals surface area contributed by atoms with Crippen LogP contribution >= 0.6 is 22.7 Å². The van der Waals surface area contributed by atoms with Crippen LogP contribution in [0, 0.1) is 6.92 Å². The normalized spacial score (nSPS) is 11.7. The highest BCUT2D eigenvalue weighted by molar-refractivity contribution is 7.22. The van der Waals surface area contributed by atoms with Gasteiger partial charge in [0.25, 0.3) is 0 Å². The van der Waals surface area contributed by atoms with Gasteiger partial charge < -0.3 is 4.57 Å². The number of allylic oxidation sites excluding steroid dienone is 2. The maximum atomic E-state index is 5.10. The molecule has 10 aromatic rings. The molecule has 6 aromatic carbocycles. The molecule has 10 rings (SSSR count). The Morgan fingerprint density at radius 1 is 0.518 bits per heavy atom. The van der Waals surface area contributed by atoms with Gasteiger partial charge >= 0.3 is 0 Å². The van der Waals surface area contributed by atoms with Crippen LogP contribution in [0.4, 0.5) is 0 Å². The molecule has 8 heteroatoms. The van der Waals surface area contributed by atoms with Crippen molar-refractivity contribution >= 4 is 60.1 Å². The predicted molar refractivity (Wildman–Crippen MR) is 234 cm³/mol. The van der Waals surface area contributed by atoms with Crippen molar-refractivity contribution in [3.8, 4) is 61.0 Å². The molecule has 4 aromatic heterocycles. The number of rotatable bonds is 8. The Kier molecular flexibility index (Phi) is 8.47. The summed E-state index contributed by atoms with van der Waals surface area (Å²) in [5.41, 5.74) is 11.4. The summed E-state index contributed by atoms with van der Waals surface area (Å²) in [6.07, 6.45) is 5.98. The largest absolute Gasteiger partial charge is 0.313 e. The van der Waals surface area contributed by atoms with Gasteiger partial charge in [-0.3, -0.25) is 0 Å². The van der Waals surface area contributed by atoms with Crippen molar-refractivity contribution in [2.45, 2.75) is 6.92 Å². The zero-order chi connectivity index (χ0) is 37.6. The van der Waals surface area contributed by atoms with Gasteiger partial charge in [-0.2, -0.15) is 0 Å². The van der Waals surface area contributed by atoms with Gasteiger partial charge in [-0.1, -0.05) is 110 Å². The monoisotopic (exact) mass is 756 g/mol. The van der Waals surface area contributed by atoms with Crippen molar-refractivity contribution in [2.75, 3.05) is 0 Å². The Morgan fingerprint density at radius 2 is 1.11 bits per heavy atom. The van der Waals surface area contributed by atoms with Crippen LogP contribution in [0.3, 0.4) is 0 Å². The van der Waals surface area contributed by atoms with Crippen LogP contribution in [0.5, 0.6) is 0 Å². The van der Waals surface area contributed by atoms with Crippen molar-refractivity contribution in [2.24, 2.45) is 0 Å². The van der Waals surface area contributed by atoms with E-state index in [1.165, 1.54) is 10.1 Å². The molecule has 4 heterocycles. The van der Waals surface area contributed by atoms with Crippen molar-refractivity contribution < 1.29 is 0 Å². The zero-order valence-corrected chi connectivity index (χ0v) is 31.9. The van der Waals surface area contributed by atoms with E-state index in [1.54, 1.807) is 22.7 Å². The molecule has 0 saturated heterocycles. The minimum absolute atomic E-state index is 0.624. The van der Waals surface area contributed by atoms with Gasteiger partial charge in [-0.05, 0) is 67.6 Å². The lowest BCUT2D eigenvalue weighted by molar-refractivity contribution is 1.05. The molecule has 0 N–H and O–H groups in total. The quantitative estimate of drug-likeness (QED) is 0.144. The summed E-state index contributed by atoms with van der Waals surface area (Å²) in [5, 5.41) is 3.13. The summed E-state index contributed by atoms with van der Waals surface area (Å²) in [4.78, 5) is 24.8. The van der Waals surface area contributed by atoms with E-state index in [2.05, 4.69) is 103 Å². The zero-order valence-electron chi connectivity index (χ0n) is 30.3. The molecule has 0 atom stereocenters. The SMILES string of the molecule is C=C/C=C\c1c(C)n(-c2cccc(-c3nc4ccc(-c5nc(-c6ccccc6)nc(-c6ccccc6)n5)cc4s3)c2)c2ccc(-c3nc4ccccc4s3)cc12. The Hall–Kier alpha value is -6.87. The minimum Gasteiger partial charge on any atom is -0.313 e. The van der Waals surface area contributed by atoms with Gasteiger partial charge in [-0.15, -0.1) is 22.7 Å². The van der Waals surface area contributed by atoms with Crippen LogP contribution < -0.4 is 0 Å². The molecular formula is C48H32N6S2. The number of benzene rings is 6. The van der Waals surface area contributed by atoms with Crippen molar-refractivity contribution in [1.29, 1.82) is 0 Å². The molecule has 0 aliphatic heterocycles. The number of para-hydroxylation sites is 1. The lowest BCUT2D eigenvalue weighted by Gasteiger charge is -2.10. The van der Waals surface area contributed by atoms with Gasteiger partial charge in [0, 0.05) is 50.1 Å². The minimum atomic E-state index is 0.624. The summed E-state index contributed by atoms with van der Waals surface area (Å²) >= 11 is 3.39. The van der Waals surface area contributed by atoms with Gasteiger partial charge in [0.1, 0.15) is 10.0 Å². The first-order valence-electron chi connectivity index (χ1n) is 18.3. The van der Waals surface area contributed by atoms with E-state index in [0.717, 1.165) is 76.0 Å². The lowest BCUT2D eigenvalue weighted by atomic mass is 10.1. The molecule has 0 aliphatic carbocycles. The summed E-state index contributed by atoms with van der Waals surface area (Å²) in [6, 6.07) is 50.0. The fourth-order valence-electron chi connectivity index (χ4n) is 7.18. The lowest BCUT2D eigenvalue weighted by Crippen LogP contribution is -1.99. The van der Waals surface area contributed by atoms with Gasteiger partial charge in [0.15, 0.2) is 17.5 Å². The first kappa shape index (κ1) is 33.7. The Morgan fingerprint density at radius 3 is 1.80 bits per heavy atom. The second kappa shape index (κ2) is 14.1. The third-order valence-electron chi connectivity index (χ3n) is 9.89. The fourth-order valence-corrected chi connectivity index (χ4v) is 9.15. The molecule has 0 unspecified atom stereocenters. The van der Waals surface area contributed by atoms with Crippen LogP contribution in [-0.4, -0.2) is 29.5 Å². The molecule has 0 fully saturated rings. The summed E-state index contributed by atoms with van der Waals surface area (Å²) in [7, 11) is 0. The maximum absolute atomic E-state index is 5.10. The van der Waals surface area contributed by atoms with Crippen LogP contribution in [-0.2, 0) is 0 Å². The summed E-state index contributed by atoms with van der Waals surface area (Å²) in [6.45, 7) is 6.12. The van der Waals surface area contributed by atoms with Crippen LogP contribution in [0.25, 0.3) is 98.4 Å². The van der Waals surface area contributed by atoms with Gasteiger partial charge in [-0.25, -0.2) is 24.9 Å². The number of thiazole rings is 2. The highest BCUT2D eigenvalue weighted by Gasteiger charge is 2.18. The second-order valence-electron chi connectivity index (χ2n) is 13.4. The molecule has 0 radical (unpaired) electrons. The molecule has 0 spiro atoms. The van der Waals surface area contributed by atoms with Crippen molar-refractivity contribution in [1.82, 2.24) is 29.5 Å². The third kappa shape index (κ3) is 6.11. The van der Waals surface area contributed by atoms with Crippen LogP contribution in [0.1, 0.15) is 11.3 Å². The van der Waals surface area contributed by atoms with Crippen molar-refractivity contribution in [3.63, 3.8) is 0 Å². The number of hydrogen-bond acceptors (Lipinski definition) is 7. The maximum Gasteiger partial charge on any atom is 0.164 e. The van der Waals surface area contributed by atoms with E-state index in [9.17, 15) is 0 Å². The topological polar surface area (TPSA) is 69.4 Å². The van der Waals surface area contributed by atoms with Crippen molar-refractivity contribution in [3.05, 3.63) is 176 Å². The Labute approximate surface area is 331 Å². The molecule has 0 saturated carbocycles.